The minimum absolute atomic E-state index is 0.164. The van der Waals surface area contributed by atoms with Gasteiger partial charge in [0.15, 0.2) is 0 Å². The van der Waals surface area contributed by atoms with E-state index in [2.05, 4.69) is 11.0 Å². The summed E-state index contributed by atoms with van der Waals surface area (Å²) in [4.78, 5) is 30.3. The molecular weight excluding hydrogens is 348 g/mol. The molecule has 0 atom stereocenters. The molecule has 0 unspecified atom stereocenters. The van der Waals surface area contributed by atoms with Crippen LogP contribution in [0.3, 0.4) is 0 Å². The zero-order valence-corrected chi connectivity index (χ0v) is 16.8. The van der Waals surface area contributed by atoms with E-state index in [4.69, 9.17) is 0 Å². The van der Waals surface area contributed by atoms with Gasteiger partial charge in [0, 0.05) is 13.1 Å². The number of likely N-dealkylation sites (tertiary alicyclic amines) is 1. The number of imide groups is 1. The molecule has 0 bridgehead atoms. The molecule has 2 aliphatic rings. The van der Waals surface area contributed by atoms with Crippen molar-refractivity contribution in [3.05, 3.63) is 76.0 Å². The lowest BCUT2D eigenvalue weighted by molar-refractivity contribution is -0.138. The number of carbonyl (C=O) groups is 2. The minimum Gasteiger partial charge on any atom is -0.366 e. The Morgan fingerprint density at radius 2 is 1.46 bits per heavy atom. The largest absolute Gasteiger partial charge is 0.366 e. The average Bonchev–Trinajstić information content (AvgIpc) is 3.26. The van der Waals surface area contributed by atoms with Crippen LogP contribution in [-0.2, 0) is 16.1 Å². The van der Waals surface area contributed by atoms with Gasteiger partial charge in [-0.2, -0.15) is 0 Å². The third-order valence-corrected chi connectivity index (χ3v) is 5.68. The van der Waals surface area contributed by atoms with E-state index in [0.717, 1.165) is 53.7 Å². The number of benzene rings is 2. The van der Waals surface area contributed by atoms with Gasteiger partial charge in [-0.1, -0.05) is 53.6 Å². The lowest BCUT2D eigenvalue weighted by Gasteiger charge is -2.20. The summed E-state index contributed by atoms with van der Waals surface area (Å²) in [6.07, 6.45) is 2.12. The Kier molecular flexibility index (Phi) is 4.80. The average molecular weight is 374 g/mol. The molecule has 2 aliphatic heterocycles. The monoisotopic (exact) mass is 374 g/mol. The quantitative estimate of drug-likeness (QED) is 0.760. The summed E-state index contributed by atoms with van der Waals surface area (Å²) in [5.74, 6) is -0.345. The molecule has 2 amide bonds. The molecule has 1 fully saturated rings. The molecule has 2 aromatic rings. The molecule has 2 heterocycles. The zero-order chi connectivity index (χ0) is 19.8. The zero-order valence-electron chi connectivity index (χ0n) is 16.8. The van der Waals surface area contributed by atoms with E-state index in [1.807, 2.05) is 57.2 Å². The Bertz CT molecular complexity index is 967. The number of aryl methyl sites for hydroxylation is 3. The standard InChI is InChI=1S/C24H26N2O2/c1-16-6-9-19(10-7-16)15-26-23(27)21(20-11-8-17(2)14-18(20)3)22(24(26)28)25-12-4-5-13-25/h6-11,14H,4-5,12-13,15H2,1-3H3. The van der Waals surface area contributed by atoms with Crippen molar-refractivity contribution in [2.75, 3.05) is 13.1 Å². The molecular formula is C24H26N2O2. The van der Waals surface area contributed by atoms with Gasteiger partial charge < -0.3 is 4.90 Å². The second kappa shape index (κ2) is 7.27. The van der Waals surface area contributed by atoms with Crippen LogP contribution in [0.25, 0.3) is 5.57 Å². The summed E-state index contributed by atoms with van der Waals surface area (Å²) >= 11 is 0. The summed E-state index contributed by atoms with van der Waals surface area (Å²) in [7, 11) is 0. The second-order valence-electron chi connectivity index (χ2n) is 7.92. The third-order valence-electron chi connectivity index (χ3n) is 5.68. The molecule has 0 saturated carbocycles. The van der Waals surface area contributed by atoms with Crippen LogP contribution >= 0.6 is 0 Å². The van der Waals surface area contributed by atoms with Crippen molar-refractivity contribution in [3.8, 4) is 0 Å². The van der Waals surface area contributed by atoms with Gasteiger partial charge in [-0.15, -0.1) is 0 Å². The van der Waals surface area contributed by atoms with Gasteiger partial charge in [0.1, 0.15) is 5.70 Å². The van der Waals surface area contributed by atoms with Crippen molar-refractivity contribution < 1.29 is 9.59 Å². The van der Waals surface area contributed by atoms with Crippen LogP contribution in [0.4, 0.5) is 0 Å². The lowest BCUT2D eigenvalue weighted by atomic mass is 9.97. The summed E-state index contributed by atoms with van der Waals surface area (Å²) < 4.78 is 0. The van der Waals surface area contributed by atoms with E-state index in [-0.39, 0.29) is 11.8 Å². The van der Waals surface area contributed by atoms with Crippen molar-refractivity contribution in [2.24, 2.45) is 0 Å². The number of hydrogen-bond donors (Lipinski definition) is 0. The van der Waals surface area contributed by atoms with Gasteiger partial charge in [-0.05, 0) is 50.3 Å². The first-order chi connectivity index (χ1) is 13.5. The van der Waals surface area contributed by atoms with E-state index in [9.17, 15) is 9.59 Å². The van der Waals surface area contributed by atoms with Crippen molar-refractivity contribution in [3.63, 3.8) is 0 Å². The summed E-state index contributed by atoms with van der Waals surface area (Å²) in [6.45, 7) is 8.06. The first kappa shape index (κ1) is 18.5. The van der Waals surface area contributed by atoms with E-state index in [1.165, 1.54) is 4.90 Å². The third kappa shape index (κ3) is 3.24. The van der Waals surface area contributed by atoms with Crippen molar-refractivity contribution in [1.29, 1.82) is 0 Å². The predicted molar refractivity (Wildman–Crippen MR) is 110 cm³/mol. The van der Waals surface area contributed by atoms with Gasteiger partial charge in [0.05, 0.1) is 12.1 Å². The maximum Gasteiger partial charge on any atom is 0.278 e. The van der Waals surface area contributed by atoms with E-state index < -0.39 is 0 Å². The first-order valence-electron chi connectivity index (χ1n) is 9.94. The minimum atomic E-state index is -0.181. The molecule has 144 valence electrons. The molecule has 0 radical (unpaired) electrons. The number of rotatable bonds is 4. The van der Waals surface area contributed by atoms with Crippen LogP contribution in [0, 0.1) is 20.8 Å². The summed E-state index contributed by atoms with van der Waals surface area (Å²) in [6, 6.07) is 14.1. The molecule has 4 nitrogen and oxygen atoms in total. The highest BCUT2D eigenvalue weighted by atomic mass is 16.2. The van der Waals surface area contributed by atoms with Crippen LogP contribution < -0.4 is 0 Å². The van der Waals surface area contributed by atoms with Crippen LogP contribution in [-0.4, -0.2) is 34.7 Å². The number of carbonyl (C=O) groups excluding carboxylic acids is 2. The molecule has 4 rings (SSSR count). The first-order valence-corrected chi connectivity index (χ1v) is 9.94. The lowest BCUT2D eigenvalue weighted by Crippen LogP contribution is -2.34. The number of nitrogens with zero attached hydrogens (tertiary/aromatic N) is 2. The highest BCUT2D eigenvalue weighted by Gasteiger charge is 2.42. The van der Waals surface area contributed by atoms with E-state index in [1.54, 1.807) is 0 Å². The molecule has 4 heteroatoms. The summed E-state index contributed by atoms with van der Waals surface area (Å²) in [5.41, 5.74) is 6.34. The van der Waals surface area contributed by atoms with E-state index in [0.29, 0.717) is 17.8 Å². The van der Waals surface area contributed by atoms with Crippen LogP contribution in [0.5, 0.6) is 0 Å². The normalized spacial score (nSPS) is 17.2. The maximum atomic E-state index is 13.4. The van der Waals surface area contributed by atoms with E-state index >= 15 is 0 Å². The number of hydrogen-bond acceptors (Lipinski definition) is 3. The Labute approximate surface area is 166 Å². The van der Waals surface area contributed by atoms with Crippen LogP contribution in [0.1, 0.15) is 40.7 Å². The fourth-order valence-electron chi connectivity index (χ4n) is 4.15. The van der Waals surface area contributed by atoms with Crippen molar-refractivity contribution in [1.82, 2.24) is 9.80 Å². The highest BCUT2D eigenvalue weighted by Crippen LogP contribution is 2.35. The van der Waals surface area contributed by atoms with Gasteiger partial charge >= 0.3 is 0 Å². The molecule has 1 saturated heterocycles. The molecule has 2 aromatic carbocycles. The van der Waals surface area contributed by atoms with Crippen molar-refractivity contribution in [2.45, 2.75) is 40.2 Å². The highest BCUT2D eigenvalue weighted by molar-refractivity contribution is 6.35. The van der Waals surface area contributed by atoms with Crippen molar-refractivity contribution >= 4 is 17.4 Å². The molecule has 0 N–H and O–H groups in total. The Hall–Kier alpha value is -2.88. The fourth-order valence-corrected chi connectivity index (χ4v) is 4.15. The number of amides is 2. The fraction of sp³-hybridized carbons (Fsp3) is 0.333. The van der Waals surface area contributed by atoms with Gasteiger partial charge in [0.25, 0.3) is 11.8 Å². The van der Waals surface area contributed by atoms with Crippen LogP contribution in [0.15, 0.2) is 48.2 Å². The Balaban J connectivity index is 1.76. The molecule has 0 aromatic heterocycles. The Morgan fingerprint density at radius 1 is 0.821 bits per heavy atom. The van der Waals surface area contributed by atoms with Crippen LogP contribution in [0.2, 0.25) is 0 Å². The van der Waals surface area contributed by atoms with Gasteiger partial charge in [0.2, 0.25) is 0 Å². The maximum absolute atomic E-state index is 13.4. The SMILES string of the molecule is Cc1ccc(CN2C(=O)C(c3ccc(C)cc3C)=C(N3CCCC3)C2=O)cc1. The molecule has 0 aliphatic carbocycles. The smallest absolute Gasteiger partial charge is 0.278 e. The molecule has 0 spiro atoms. The summed E-state index contributed by atoms with van der Waals surface area (Å²) in [5, 5.41) is 0. The molecule has 28 heavy (non-hydrogen) atoms. The topological polar surface area (TPSA) is 40.6 Å². The van der Waals surface area contributed by atoms with Gasteiger partial charge in [-0.25, -0.2) is 0 Å². The predicted octanol–water partition coefficient (Wildman–Crippen LogP) is 3.99. The Morgan fingerprint density at radius 3 is 2.11 bits per heavy atom. The van der Waals surface area contributed by atoms with Gasteiger partial charge in [-0.3, -0.25) is 14.5 Å². The second-order valence-corrected chi connectivity index (χ2v) is 7.92.